The molecule has 3 aromatic rings. The monoisotopic (exact) mass is 548 g/mol. The largest absolute Gasteiger partial charge is 0.493 e. The van der Waals surface area contributed by atoms with Crippen LogP contribution in [0.1, 0.15) is 36.8 Å². The van der Waals surface area contributed by atoms with E-state index < -0.39 is 16.1 Å². The van der Waals surface area contributed by atoms with Crippen molar-refractivity contribution in [1.29, 1.82) is 5.41 Å². The Morgan fingerprint density at radius 3 is 2.90 bits per heavy atom. The Labute approximate surface area is 228 Å². The number of rotatable bonds is 8. The second kappa shape index (κ2) is 10.3. The minimum atomic E-state index is -3.87. The standard InChI is InChI=1S/C29H32N4O5S/c1-37-16-5-14-32-24-11-10-23(21-6-4-7-22(27(21)24)28(32)30)31-29(34)25-8-2-3-15-33(25)39(35,36)20-9-12-26-19(18-20)13-17-38-26/h4,6-7,9-12,18,25,30H,2-3,5,8,13-17H2,1H3,(H,31,34). The molecule has 1 atom stereocenters. The van der Waals surface area contributed by atoms with Gasteiger partial charge in [0.25, 0.3) is 0 Å². The van der Waals surface area contributed by atoms with Crippen LogP contribution < -0.4 is 15.0 Å². The predicted molar refractivity (Wildman–Crippen MR) is 150 cm³/mol. The maximum atomic E-state index is 13.7. The molecule has 3 aliphatic rings. The van der Waals surface area contributed by atoms with Gasteiger partial charge in [-0.15, -0.1) is 0 Å². The predicted octanol–water partition coefficient (Wildman–Crippen LogP) is 4.14. The molecule has 10 heteroatoms. The number of nitrogens with one attached hydrogen (secondary N) is 2. The maximum absolute atomic E-state index is 13.7. The normalized spacial score (nSPS) is 18.8. The molecule has 1 amide bonds. The van der Waals surface area contributed by atoms with Gasteiger partial charge < -0.3 is 19.7 Å². The van der Waals surface area contributed by atoms with E-state index in [-0.39, 0.29) is 10.8 Å². The van der Waals surface area contributed by atoms with Gasteiger partial charge in [-0.05, 0) is 55.2 Å². The lowest BCUT2D eigenvalue weighted by molar-refractivity contribution is -0.120. The van der Waals surface area contributed by atoms with E-state index in [1.165, 1.54) is 4.31 Å². The fourth-order valence-electron chi connectivity index (χ4n) is 5.91. The van der Waals surface area contributed by atoms with Crippen LogP contribution in [0.15, 0.2) is 53.4 Å². The number of sulfonamides is 1. The van der Waals surface area contributed by atoms with E-state index in [0.29, 0.717) is 57.1 Å². The lowest BCUT2D eigenvalue weighted by Crippen LogP contribution is -2.49. The van der Waals surface area contributed by atoms with Gasteiger partial charge >= 0.3 is 0 Å². The van der Waals surface area contributed by atoms with Crippen LogP contribution in [0.2, 0.25) is 0 Å². The van der Waals surface area contributed by atoms with E-state index in [9.17, 15) is 13.2 Å². The van der Waals surface area contributed by atoms with E-state index in [1.807, 2.05) is 35.2 Å². The number of methoxy groups -OCH3 is 1. The third kappa shape index (κ3) is 4.46. The summed E-state index contributed by atoms with van der Waals surface area (Å²) in [5, 5.41) is 13.5. The van der Waals surface area contributed by atoms with Gasteiger partial charge in [0.05, 0.1) is 17.2 Å². The topological polar surface area (TPSA) is 112 Å². The first-order chi connectivity index (χ1) is 18.9. The van der Waals surface area contributed by atoms with Crippen molar-refractivity contribution in [1.82, 2.24) is 4.31 Å². The first-order valence-corrected chi connectivity index (χ1v) is 14.8. The number of carbonyl (C=O) groups is 1. The third-order valence-corrected chi connectivity index (χ3v) is 9.75. The fraction of sp³-hybridized carbons (Fsp3) is 0.379. The zero-order valence-corrected chi connectivity index (χ0v) is 22.7. The summed E-state index contributed by atoms with van der Waals surface area (Å²) >= 11 is 0. The van der Waals surface area contributed by atoms with Crippen molar-refractivity contribution >= 4 is 43.9 Å². The van der Waals surface area contributed by atoms with Crippen LogP contribution in [0.25, 0.3) is 10.8 Å². The number of anilines is 2. The van der Waals surface area contributed by atoms with Crippen LogP contribution in [0.4, 0.5) is 11.4 Å². The maximum Gasteiger partial charge on any atom is 0.243 e. The molecule has 6 rings (SSSR count). The lowest BCUT2D eigenvalue weighted by atomic mass is 10.0. The molecule has 0 aromatic heterocycles. The van der Waals surface area contributed by atoms with Crippen molar-refractivity contribution < 1.29 is 22.7 Å². The molecule has 204 valence electrons. The number of hydrogen-bond acceptors (Lipinski definition) is 6. The van der Waals surface area contributed by atoms with E-state index in [1.54, 1.807) is 25.3 Å². The Morgan fingerprint density at radius 1 is 1.18 bits per heavy atom. The zero-order chi connectivity index (χ0) is 27.1. The number of amidine groups is 1. The third-order valence-electron chi connectivity index (χ3n) is 7.85. The molecule has 0 bridgehead atoms. The molecule has 0 aliphatic carbocycles. The molecule has 0 spiro atoms. The quantitative estimate of drug-likeness (QED) is 0.409. The summed E-state index contributed by atoms with van der Waals surface area (Å²) in [5.74, 6) is 0.812. The van der Waals surface area contributed by atoms with Gasteiger partial charge in [0.15, 0.2) is 0 Å². The van der Waals surface area contributed by atoms with Crippen LogP contribution in [-0.2, 0) is 26.0 Å². The van der Waals surface area contributed by atoms with E-state index in [0.717, 1.165) is 46.2 Å². The summed E-state index contributed by atoms with van der Waals surface area (Å²) in [6, 6.07) is 13.7. The number of carbonyl (C=O) groups excluding carboxylic acids is 1. The first kappa shape index (κ1) is 25.8. The second-order valence-electron chi connectivity index (χ2n) is 10.2. The van der Waals surface area contributed by atoms with Gasteiger partial charge in [-0.3, -0.25) is 10.2 Å². The average molecular weight is 549 g/mol. The highest BCUT2D eigenvalue weighted by Crippen LogP contribution is 2.41. The van der Waals surface area contributed by atoms with Crippen molar-refractivity contribution in [2.75, 3.05) is 43.6 Å². The molecule has 0 saturated carbocycles. The Morgan fingerprint density at radius 2 is 2.05 bits per heavy atom. The minimum absolute atomic E-state index is 0.198. The van der Waals surface area contributed by atoms with Crippen molar-refractivity contribution in [3.8, 4) is 5.75 Å². The Hall–Kier alpha value is -3.47. The molecule has 3 aliphatic heterocycles. The molecule has 1 saturated heterocycles. The Bertz CT molecular complexity index is 1570. The Balaban J connectivity index is 1.28. The number of nitrogens with zero attached hydrogens (tertiary/aromatic N) is 2. The molecule has 9 nitrogen and oxygen atoms in total. The summed E-state index contributed by atoms with van der Waals surface area (Å²) in [4.78, 5) is 15.8. The molecular formula is C29H32N4O5S. The molecule has 39 heavy (non-hydrogen) atoms. The van der Waals surface area contributed by atoms with Gasteiger partial charge in [-0.2, -0.15) is 4.31 Å². The highest BCUT2D eigenvalue weighted by atomic mass is 32.2. The van der Waals surface area contributed by atoms with Crippen molar-refractivity contribution in [3.05, 3.63) is 59.7 Å². The number of hydrogen-bond donors (Lipinski definition) is 2. The van der Waals surface area contributed by atoms with Crippen molar-refractivity contribution in [2.45, 2.75) is 43.0 Å². The van der Waals surface area contributed by atoms with E-state index >= 15 is 0 Å². The van der Waals surface area contributed by atoms with E-state index in [2.05, 4.69) is 5.32 Å². The van der Waals surface area contributed by atoms with Gasteiger partial charge in [0.1, 0.15) is 17.6 Å². The average Bonchev–Trinajstić information content (AvgIpc) is 3.53. The van der Waals surface area contributed by atoms with Crippen LogP contribution in [0, 0.1) is 5.41 Å². The lowest BCUT2D eigenvalue weighted by Gasteiger charge is -2.33. The van der Waals surface area contributed by atoms with Crippen molar-refractivity contribution in [2.24, 2.45) is 0 Å². The van der Waals surface area contributed by atoms with Gasteiger partial charge in [0, 0.05) is 55.3 Å². The molecule has 1 fully saturated rings. The molecule has 2 N–H and O–H groups in total. The molecule has 3 heterocycles. The molecule has 1 unspecified atom stereocenters. The van der Waals surface area contributed by atoms with Crippen LogP contribution in [0.3, 0.4) is 0 Å². The molecule has 0 radical (unpaired) electrons. The first-order valence-electron chi connectivity index (χ1n) is 13.4. The summed E-state index contributed by atoms with van der Waals surface area (Å²) < 4.78 is 39.5. The van der Waals surface area contributed by atoms with Gasteiger partial charge in [0.2, 0.25) is 15.9 Å². The summed E-state index contributed by atoms with van der Waals surface area (Å²) in [6.45, 7) is 2.11. The van der Waals surface area contributed by atoms with Crippen LogP contribution in [0.5, 0.6) is 5.75 Å². The zero-order valence-electron chi connectivity index (χ0n) is 21.9. The number of ether oxygens (including phenoxy) is 2. The highest BCUT2D eigenvalue weighted by Gasteiger charge is 2.38. The number of benzene rings is 3. The van der Waals surface area contributed by atoms with Gasteiger partial charge in [-0.1, -0.05) is 24.6 Å². The number of amides is 1. The molecular weight excluding hydrogens is 516 g/mol. The van der Waals surface area contributed by atoms with Gasteiger partial charge in [-0.25, -0.2) is 8.42 Å². The highest BCUT2D eigenvalue weighted by molar-refractivity contribution is 7.89. The van der Waals surface area contributed by atoms with E-state index in [4.69, 9.17) is 14.9 Å². The van der Waals surface area contributed by atoms with Crippen LogP contribution >= 0.6 is 0 Å². The second-order valence-corrected chi connectivity index (χ2v) is 12.1. The summed E-state index contributed by atoms with van der Waals surface area (Å²) in [7, 11) is -2.20. The SMILES string of the molecule is COCCCN1C(=N)c2cccc3c(NC(=O)C4CCCCN4S(=O)(=O)c4ccc5c(c4)CCO5)ccc1c23. The van der Waals surface area contributed by atoms with Crippen molar-refractivity contribution in [3.63, 3.8) is 0 Å². The molecule has 3 aromatic carbocycles. The summed E-state index contributed by atoms with van der Waals surface area (Å²) in [6.07, 6.45) is 3.40. The number of piperidine rings is 1. The fourth-order valence-corrected chi connectivity index (χ4v) is 7.62. The number of fused-ring (bicyclic) bond motifs is 1. The summed E-state index contributed by atoms with van der Waals surface area (Å²) in [5.41, 5.74) is 3.24. The smallest absolute Gasteiger partial charge is 0.243 e. The Kier molecular flexibility index (Phi) is 6.78. The minimum Gasteiger partial charge on any atom is -0.493 e. The van der Waals surface area contributed by atoms with Crippen LogP contribution in [-0.4, -0.2) is 63.9 Å².